The van der Waals surface area contributed by atoms with Gasteiger partial charge in [0.2, 0.25) is 11.8 Å². The molecule has 3 atom stereocenters. The Morgan fingerprint density at radius 1 is 1.03 bits per heavy atom. The van der Waals surface area contributed by atoms with E-state index in [1.807, 2.05) is 0 Å². The molecule has 1 unspecified atom stereocenters. The van der Waals surface area contributed by atoms with Crippen LogP contribution in [0.2, 0.25) is 0 Å². The van der Waals surface area contributed by atoms with Crippen molar-refractivity contribution >= 4 is 23.6 Å². The van der Waals surface area contributed by atoms with E-state index in [1.54, 1.807) is 39.0 Å². The van der Waals surface area contributed by atoms with Crippen LogP contribution in [0.3, 0.4) is 0 Å². The second kappa shape index (κ2) is 18.1. The molecule has 0 saturated carbocycles. The van der Waals surface area contributed by atoms with Crippen LogP contribution in [-0.4, -0.2) is 42.3 Å². The lowest BCUT2D eigenvalue weighted by Gasteiger charge is -2.23. The van der Waals surface area contributed by atoms with Crippen molar-refractivity contribution in [3.63, 3.8) is 0 Å². The monoisotopic (exact) mass is 508 g/mol. The summed E-state index contributed by atoms with van der Waals surface area (Å²) in [5.41, 5.74) is 0. The normalized spacial score (nSPS) is 18.5. The molecule has 38 heavy (non-hydrogen) atoms. The predicted molar refractivity (Wildman–Crippen MR) is 145 cm³/mol. The van der Waals surface area contributed by atoms with Crippen molar-refractivity contribution < 1.29 is 19.2 Å². The van der Waals surface area contributed by atoms with Crippen molar-refractivity contribution in [2.75, 3.05) is 6.54 Å². The Hall–Kier alpha value is -5.28. The summed E-state index contributed by atoms with van der Waals surface area (Å²) >= 11 is 0. The largest absolute Gasteiger partial charge is 0.352 e. The number of carbonyl (C=O) groups is 4. The van der Waals surface area contributed by atoms with E-state index in [0.717, 1.165) is 0 Å². The molecule has 1 rings (SSSR count). The van der Waals surface area contributed by atoms with Gasteiger partial charge >= 0.3 is 6.03 Å². The van der Waals surface area contributed by atoms with Gasteiger partial charge in [0.15, 0.2) is 5.78 Å². The van der Waals surface area contributed by atoms with E-state index in [2.05, 4.69) is 86.5 Å². The van der Waals surface area contributed by atoms with E-state index in [4.69, 9.17) is 6.42 Å². The van der Waals surface area contributed by atoms with Gasteiger partial charge in [-0.05, 0) is 48.9 Å². The van der Waals surface area contributed by atoms with Crippen molar-refractivity contribution in [2.24, 2.45) is 11.8 Å². The maximum atomic E-state index is 13.1. The molecular weight excluding hydrogens is 480 g/mol. The summed E-state index contributed by atoms with van der Waals surface area (Å²) in [6.07, 6.45) is 11.7. The first-order valence-electron chi connectivity index (χ1n) is 11.7. The van der Waals surface area contributed by atoms with Crippen LogP contribution in [0.4, 0.5) is 4.79 Å². The van der Waals surface area contributed by atoms with Gasteiger partial charge in [-0.3, -0.25) is 19.7 Å². The smallest absolute Gasteiger partial charge is 0.327 e. The molecule has 0 aromatic rings. The summed E-state index contributed by atoms with van der Waals surface area (Å²) in [5.74, 6) is 22.0. The van der Waals surface area contributed by atoms with E-state index in [9.17, 15) is 19.2 Å². The molecule has 0 aromatic heterocycles. The maximum absolute atomic E-state index is 13.1. The zero-order chi connectivity index (χ0) is 28.2. The molecule has 8 nitrogen and oxygen atoms in total. The predicted octanol–water partition coefficient (Wildman–Crippen LogP) is 0.630. The number of hydrogen-bond acceptors (Lipinski definition) is 4. The fourth-order valence-electron chi connectivity index (χ4n) is 2.97. The van der Waals surface area contributed by atoms with Gasteiger partial charge in [-0.2, -0.15) is 0 Å². The maximum Gasteiger partial charge on any atom is 0.327 e. The minimum Gasteiger partial charge on any atom is -0.352 e. The second-order valence-electron chi connectivity index (χ2n) is 8.16. The lowest BCUT2D eigenvalue weighted by Crippen LogP contribution is -2.48. The molecule has 4 amide bonds. The van der Waals surface area contributed by atoms with Gasteiger partial charge in [0.05, 0.1) is 12.0 Å². The SMILES string of the molecule is C#CC#CC#CC#CC#CC#CNC(=O)NC(C(=O)C[C@H]1/C=C/CCNC(=O)/C=C/[C@H](C)NC1=O)C(C)C. The van der Waals surface area contributed by atoms with E-state index >= 15 is 0 Å². The quantitative estimate of drug-likeness (QED) is 0.248. The van der Waals surface area contributed by atoms with Gasteiger partial charge in [0, 0.05) is 60.7 Å². The Balaban J connectivity index is 2.78. The van der Waals surface area contributed by atoms with Crippen molar-refractivity contribution in [3.05, 3.63) is 24.3 Å². The van der Waals surface area contributed by atoms with Crippen LogP contribution in [0.25, 0.3) is 0 Å². The van der Waals surface area contributed by atoms with Gasteiger partial charge in [0.25, 0.3) is 0 Å². The molecule has 1 aliphatic rings. The molecule has 0 aliphatic carbocycles. The van der Waals surface area contributed by atoms with E-state index in [1.165, 1.54) is 6.08 Å². The van der Waals surface area contributed by atoms with E-state index < -0.39 is 24.0 Å². The van der Waals surface area contributed by atoms with Crippen LogP contribution >= 0.6 is 0 Å². The van der Waals surface area contributed by atoms with Crippen LogP contribution in [0.1, 0.15) is 33.6 Å². The molecular formula is C30H28N4O4. The third-order valence-electron chi connectivity index (χ3n) is 4.75. The van der Waals surface area contributed by atoms with Gasteiger partial charge in [0.1, 0.15) is 0 Å². The van der Waals surface area contributed by atoms with Crippen LogP contribution < -0.4 is 21.3 Å². The number of amides is 4. The molecule has 1 heterocycles. The van der Waals surface area contributed by atoms with Crippen molar-refractivity contribution in [2.45, 2.75) is 45.7 Å². The summed E-state index contributed by atoms with van der Waals surface area (Å²) < 4.78 is 0. The van der Waals surface area contributed by atoms with E-state index in [0.29, 0.717) is 13.0 Å². The third kappa shape index (κ3) is 13.6. The van der Waals surface area contributed by atoms with E-state index in [-0.39, 0.29) is 29.9 Å². The fourth-order valence-corrected chi connectivity index (χ4v) is 2.97. The number of ketones is 1. The lowest BCUT2D eigenvalue weighted by molar-refractivity contribution is -0.129. The number of rotatable bonds is 5. The van der Waals surface area contributed by atoms with Crippen LogP contribution in [0, 0.1) is 83.5 Å². The Bertz CT molecular complexity index is 1320. The molecule has 1 aliphatic heterocycles. The number of terminal acetylenes is 1. The summed E-state index contributed by atoms with van der Waals surface area (Å²) in [7, 11) is 0. The van der Waals surface area contributed by atoms with Gasteiger partial charge < -0.3 is 16.0 Å². The number of Topliss-reactive ketones (excluding diaryl/α,β-unsaturated/α-hetero) is 1. The molecule has 0 fully saturated rings. The van der Waals surface area contributed by atoms with Crippen LogP contribution in [0.15, 0.2) is 24.3 Å². The Labute approximate surface area is 224 Å². The fraction of sp³-hybridized carbons (Fsp3) is 0.333. The summed E-state index contributed by atoms with van der Waals surface area (Å²) in [6.45, 7) is 5.70. The first kappa shape index (κ1) is 30.8. The van der Waals surface area contributed by atoms with Crippen molar-refractivity contribution in [1.82, 2.24) is 21.3 Å². The standard InChI is InChI=1S/C30H28N4O4/c1-5-6-7-8-9-10-11-12-13-15-21-32-30(38)34-28(23(2)3)26(35)22-25-17-14-16-20-31-27(36)19-18-24(4)33-29(25)37/h1,14,17-19,23-25,28H,16,20,22H2,2-4H3,(H,31,36)(H,33,37)(H2,32,34,38)/b17-14+,19-18+/t24-,25+,28?/m0/s1. The summed E-state index contributed by atoms with van der Waals surface area (Å²) in [6, 6.07) is 0.440. The molecule has 8 heteroatoms. The number of hydrogen-bond donors (Lipinski definition) is 4. The van der Waals surface area contributed by atoms with Crippen LogP contribution in [-0.2, 0) is 14.4 Å². The zero-order valence-corrected chi connectivity index (χ0v) is 21.5. The Morgan fingerprint density at radius 2 is 1.66 bits per heavy atom. The molecule has 4 N–H and O–H groups in total. The highest BCUT2D eigenvalue weighted by atomic mass is 16.2. The molecule has 192 valence electrons. The number of urea groups is 1. The molecule has 0 saturated heterocycles. The summed E-state index contributed by atoms with van der Waals surface area (Å²) in [5, 5.41) is 10.4. The molecule has 0 radical (unpaired) electrons. The highest BCUT2D eigenvalue weighted by molar-refractivity contribution is 5.93. The average Bonchev–Trinajstić information content (AvgIpc) is 2.87. The van der Waals surface area contributed by atoms with Gasteiger partial charge in [-0.1, -0.05) is 32.1 Å². The first-order chi connectivity index (χ1) is 18.2. The molecule has 0 spiro atoms. The van der Waals surface area contributed by atoms with Gasteiger partial charge in [-0.25, -0.2) is 4.79 Å². The van der Waals surface area contributed by atoms with Gasteiger partial charge in [-0.15, -0.1) is 6.42 Å². The Morgan fingerprint density at radius 3 is 2.29 bits per heavy atom. The van der Waals surface area contributed by atoms with Crippen molar-refractivity contribution in [1.29, 1.82) is 0 Å². The first-order valence-corrected chi connectivity index (χ1v) is 11.7. The highest BCUT2D eigenvalue weighted by Gasteiger charge is 2.28. The second-order valence-corrected chi connectivity index (χ2v) is 8.16. The minimum atomic E-state index is -0.843. The zero-order valence-electron chi connectivity index (χ0n) is 21.5. The number of carbonyl (C=O) groups excluding carboxylic acids is 4. The highest BCUT2D eigenvalue weighted by Crippen LogP contribution is 2.14. The molecule has 0 bridgehead atoms. The third-order valence-corrected chi connectivity index (χ3v) is 4.75. The lowest BCUT2D eigenvalue weighted by atomic mass is 9.91. The average molecular weight is 509 g/mol. The topological polar surface area (TPSA) is 116 Å². The summed E-state index contributed by atoms with van der Waals surface area (Å²) in [4.78, 5) is 49.8. The minimum absolute atomic E-state index is 0.110. The molecule has 0 aromatic carbocycles. The Kier molecular flexibility index (Phi) is 14.6. The van der Waals surface area contributed by atoms with Crippen molar-refractivity contribution in [3.8, 4) is 71.7 Å². The number of nitrogens with one attached hydrogen (secondary N) is 4. The van der Waals surface area contributed by atoms with Crippen LogP contribution in [0.5, 0.6) is 0 Å².